The first-order chi connectivity index (χ1) is 10.9. The molecular weight excluding hydrogens is 345 g/mol. The van der Waals surface area contributed by atoms with Gasteiger partial charge in [-0.15, -0.1) is 0 Å². The van der Waals surface area contributed by atoms with Crippen molar-refractivity contribution in [3.8, 4) is 12.1 Å². The Labute approximate surface area is 130 Å². The van der Waals surface area contributed by atoms with Crippen LogP contribution in [0.25, 0.3) is 0 Å². The van der Waals surface area contributed by atoms with Crippen molar-refractivity contribution in [3.63, 3.8) is 0 Å². The zero-order valence-electron chi connectivity index (χ0n) is 11.7. The summed E-state index contributed by atoms with van der Waals surface area (Å²) >= 11 is 0. The number of anilines is 1. The Morgan fingerprint density at radius 3 is 1.88 bits per heavy atom. The Hall–Kier alpha value is -2.82. The van der Waals surface area contributed by atoms with Crippen LogP contribution in [0.1, 0.15) is 11.1 Å². The van der Waals surface area contributed by atoms with Gasteiger partial charge in [-0.25, -0.2) is 4.39 Å². The van der Waals surface area contributed by atoms with E-state index in [1.54, 1.807) is 0 Å². The van der Waals surface area contributed by atoms with Gasteiger partial charge in [0.1, 0.15) is 12.1 Å². The van der Waals surface area contributed by atoms with E-state index >= 15 is 0 Å². The summed E-state index contributed by atoms with van der Waals surface area (Å²) in [6.07, 6.45) is -12.4. The molecule has 1 aromatic carbocycles. The summed E-state index contributed by atoms with van der Waals surface area (Å²) in [6.45, 7) is 1.10. The fourth-order valence-corrected chi connectivity index (χ4v) is 1.68. The molecule has 0 unspecified atom stereocenters. The van der Waals surface area contributed by atoms with Crippen LogP contribution in [0.15, 0.2) is 23.3 Å². The molecule has 0 saturated carbocycles. The molecule has 1 rings (SSSR count). The summed E-state index contributed by atoms with van der Waals surface area (Å²) in [7, 11) is 0. The highest BCUT2D eigenvalue weighted by molar-refractivity contribution is 6.10. The van der Waals surface area contributed by atoms with Crippen molar-refractivity contribution in [3.05, 3.63) is 29.3 Å². The van der Waals surface area contributed by atoms with Gasteiger partial charge in [0.15, 0.2) is 0 Å². The lowest BCUT2D eigenvalue weighted by molar-refractivity contribution is -0.348. The second-order valence-electron chi connectivity index (χ2n) is 4.48. The van der Waals surface area contributed by atoms with E-state index in [0.717, 1.165) is 13.0 Å². The number of hydrazone groups is 1. The van der Waals surface area contributed by atoms with Gasteiger partial charge in [-0.2, -0.15) is 42.0 Å². The second-order valence-corrected chi connectivity index (χ2v) is 4.48. The number of nitriles is 2. The van der Waals surface area contributed by atoms with Gasteiger partial charge in [0.05, 0.1) is 5.69 Å². The molecule has 0 spiro atoms. The number of hydrogen-bond donors (Lipinski definition) is 1. The van der Waals surface area contributed by atoms with E-state index in [2.05, 4.69) is 10.5 Å². The topological polar surface area (TPSA) is 72.0 Å². The maximum Gasteiger partial charge on any atom is 0.435 e. The molecule has 0 fully saturated rings. The van der Waals surface area contributed by atoms with Crippen molar-refractivity contribution >= 4 is 11.4 Å². The van der Waals surface area contributed by atoms with Crippen LogP contribution in [0.3, 0.4) is 0 Å². The number of halogens is 7. The Bertz CT molecular complexity index is 705. The molecule has 0 aromatic heterocycles. The average Bonchev–Trinajstić information content (AvgIpc) is 2.46. The SMILES string of the molecule is Cc1cc(C(F)(C(F)(F)F)C(F)(F)F)ccc1NN=C(C#N)C#N. The van der Waals surface area contributed by atoms with Crippen LogP contribution in [-0.2, 0) is 5.67 Å². The van der Waals surface area contributed by atoms with Crippen molar-refractivity contribution in [1.82, 2.24) is 0 Å². The van der Waals surface area contributed by atoms with Crippen LogP contribution in [-0.4, -0.2) is 18.1 Å². The molecule has 1 aromatic rings. The molecule has 0 heterocycles. The molecule has 0 saturated heterocycles. The molecular formula is C13H7F7N4. The number of alkyl halides is 7. The maximum absolute atomic E-state index is 13.9. The van der Waals surface area contributed by atoms with E-state index in [-0.39, 0.29) is 11.3 Å². The van der Waals surface area contributed by atoms with Crippen LogP contribution in [0.4, 0.5) is 36.4 Å². The highest BCUT2D eigenvalue weighted by Crippen LogP contribution is 2.53. The zero-order chi connectivity index (χ0) is 18.8. The van der Waals surface area contributed by atoms with Gasteiger partial charge in [-0.05, 0) is 18.6 Å². The number of aryl methyl sites for hydroxylation is 1. The monoisotopic (exact) mass is 352 g/mol. The number of nitrogens with zero attached hydrogens (tertiary/aromatic N) is 3. The fraction of sp³-hybridized carbons (Fsp3) is 0.308. The van der Waals surface area contributed by atoms with Gasteiger partial charge >= 0.3 is 18.0 Å². The molecule has 0 aliphatic rings. The molecule has 11 heteroatoms. The van der Waals surface area contributed by atoms with E-state index in [1.807, 2.05) is 0 Å². The molecule has 4 nitrogen and oxygen atoms in total. The molecule has 128 valence electrons. The van der Waals surface area contributed by atoms with Crippen molar-refractivity contribution in [2.45, 2.75) is 24.9 Å². The quantitative estimate of drug-likeness (QED) is 0.506. The molecule has 24 heavy (non-hydrogen) atoms. The third kappa shape index (κ3) is 3.40. The van der Waals surface area contributed by atoms with Crippen LogP contribution in [0.2, 0.25) is 0 Å². The highest BCUT2D eigenvalue weighted by Gasteiger charge is 2.73. The van der Waals surface area contributed by atoms with Crippen molar-refractivity contribution < 1.29 is 30.7 Å². The highest BCUT2D eigenvalue weighted by atomic mass is 19.4. The smallest absolute Gasteiger partial charge is 0.276 e. The first-order valence-electron chi connectivity index (χ1n) is 5.96. The molecule has 1 N–H and O–H groups in total. The number of hydrogen-bond acceptors (Lipinski definition) is 4. The van der Waals surface area contributed by atoms with Crippen molar-refractivity contribution in [2.24, 2.45) is 5.10 Å². The largest absolute Gasteiger partial charge is 0.435 e. The van der Waals surface area contributed by atoms with E-state index in [4.69, 9.17) is 10.5 Å². The van der Waals surface area contributed by atoms with Crippen molar-refractivity contribution in [2.75, 3.05) is 5.43 Å². The second kappa shape index (κ2) is 6.35. The summed E-state index contributed by atoms with van der Waals surface area (Å²) in [6, 6.07) is 4.15. The first-order valence-corrected chi connectivity index (χ1v) is 5.96. The minimum atomic E-state index is -6.21. The summed E-state index contributed by atoms with van der Waals surface area (Å²) < 4.78 is 89.8. The number of benzene rings is 1. The third-order valence-electron chi connectivity index (χ3n) is 2.91. The van der Waals surface area contributed by atoms with E-state index < -0.39 is 29.3 Å². The van der Waals surface area contributed by atoms with Gasteiger partial charge in [0.2, 0.25) is 5.71 Å². The van der Waals surface area contributed by atoms with Crippen LogP contribution < -0.4 is 5.43 Å². The fourth-order valence-electron chi connectivity index (χ4n) is 1.68. The van der Waals surface area contributed by atoms with E-state index in [0.29, 0.717) is 12.1 Å². The minimum Gasteiger partial charge on any atom is -0.276 e. The van der Waals surface area contributed by atoms with Gasteiger partial charge < -0.3 is 0 Å². The van der Waals surface area contributed by atoms with E-state index in [1.165, 1.54) is 12.1 Å². The van der Waals surface area contributed by atoms with Gasteiger partial charge in [-0.3, -0.25) is 5.43 Å². The Morgan fingerprint density at radius 2 is 1.50 bits per heavy atom. The first kappa shape index (κ1) is 19.2. The van der Waals surface area contributed by atoms with Crippen LogP contribution in [0.5, 0.6) is 0 Å². The van der Waals surface area contributed by atoms with Gasteiger partial charge in [0.25, 0.3) is 0 Å². The minimum absolute atomic E-state index is 0.103. The number of nitrogens with one attached hydrogen (secondary N) is 1. The summed E-state index contributed by atoms with van der Waals surface area (Å²) in [5, 5.41) is 20.2. The summed E-state index contributed by atoms with van der Waals surface area (Å²) in [5.41, 5.74) is -5.98. The van der Waals surface area contributed by atoms with Crippen LogP contribution in [0, 0.1) is 29.6 Å². The molecule has 0 bridgehead atoms. The van der Waals surface area contributed by atoms with E-state index in [9.17, 15) is 30.7 Å². The van der Waals surface area contributed by atoms with Gasteiger partial charge in [-0.1, -0.05) is 12.1 Å². The van der Waals surface area contributed by atoms with Crippen molar-refractivity contribution in [1.29, 1.82) is 10.5 Å². The summed E-state index contributed by atoms with van der Waals surface area (Å²) in [4.78, 5) is 0. The molecule has 0 amide bonds. The molecule has 0 atom stereocenters. The lowest BCUT2D eigenvalue weighted by atomic mass is 9.92. The predicted molar refractivity (Wildman–Crippen MR) is 68.4 cm³/mol. The predicted octanol–water partition coefficient (Wildman–Crippen LogP) is 4.10. The lowest BCUT2D eigenvalue weighted by Crippen LogP contribution is -2.50. The molecule has 0 aliphatic carbocycles. The lowest BCUT2D eigenvalue weighted by Gasteiger charge is -2.30. The molecule has 0 radical (unpaired) electrons. The van der Waals surface area contributed by atoms with Gasteiger partial charge in [0, 0.05) is 5.56 Å². The summed E-state index contributed by atoms with van der Waals surface area (Å²) in [5.74, 6) is 0. The Kier molecular flexibility index (Phi) is 5.09. The normalized spacial score (nSPS) is 12.1. The average molecular weight is 352 g/mol. The zero-order valence-corrected chi connectivity index (χ0v) is 11.7. The standard InChI is InChI=1S/C13H7F7N4/c1-7-4-8(11(14,12(15,16)17)13(18,19)20)2-3-10(7)24-23-9(5-21)6-22/h2-4,24H,1H3. The Balaban J connectivity index is 3.35. The Morgan fingerprint density at radius 1 is 1.00 bits per heavy atom. The maximum atomic E-state index is 13.9. The number of rotatable bonds is 3. The van der Waals surface area contributed by atoms with Crippen LogP contribution >= 0.6 is 0 Å². The molecule has 0 aliphatic heterocycles. The third-order valence-corrected chi connectivity index (χ3v) is 2.91.